The van der Waals surface area contributed by atoms with Crippen LogP contribution >= 0.6 is 21.6 Å². The van der Waals surface area contributed by atoms with Gasteiger partial charge in [-0.25, -0.2) is 9.59 Å². The molecule has 1 fully saturated rings. The molecule has 2 aromatic rings. The highest BCUT2D eigenvalue weighted by atomic mass is 33.1. The Bertz CT molecular complexity index is 1540. The number of hydrogen-bond acceptors (Lipinski definition) is 10. The Kier molecular flexibility index (Phi) is 15.8. The molecule has 0 saturated carbocycles. The van der Waals surface area contributed by atoms with Crippen LogP contribution in [0.5, 0.6) is 0 Å². The molecule has 49 heavy (non-hydrogen) atoms. The highest BCUT2D eigenvalue weighted by Crippen LogP contribution is 2.24. The zero-order valence-electron chi connectivity index (χ0n) is 26.6. The molecular formula is C34H40N5O8S2+. The van der Waals surface area contributed by atoms with Crippen molar-refractivity contribution in [2.75, 3.05) is 36.0 Å². The van der Waals surface area contributed by atoms with Crippen molar-refractivity contribution < 1.29 is 44.2 Å². The maximum atomic E-state index is 12.6. The number of aliphatic carboxylic acids is 2. The Morgan fingerprint density at radius 2 is 1.37 bits per heavy atom. The first-order chi connectivity index (χ1) is 23.5. The molecule has 1 aromatic heterocycles. The fourth-order valence-corrected chi connectivity index (χ4v) is 6.69. The molecule has 15 heteroatoms. The molecule has 3 rings (SSSR count). The summed E-state index contributed by atoms with van der Waals surface area (Å²) in [6.07, 6.45) is 11.9. The number of pyridine rings is 1. The molecule has 0 spiro atoms. The van der Waals surface area contributed by atoms with Gasteiger partial charge in [0.05, 0.1) is 12.2 Å². The van der Waals surface area contributed by atoms with Gasteiger partial charge in [0, 0.05) is 48.6 Å². The number of benzene rings is 1. The quantitative estimate of drug-likeness (QED) is 0.0408. The van der Waals surface area contributed by atoms with Gasteiger partial charge in [0.1, 0.15) is 18.6 Å². The van der Waals surface area contributed by atoms with Crippen molar-refractivity contribution in [2.45, 2.75) is 30.8 Å². The van der Waals surface area contributed by atoms with E-state index in [4.69, 9.17) is 0 Å². The molecule has 260 valence electrons. The average molecular weight is 711 g/mol. The molecule has 6 N–H and O–H groups in total. The van der Waals surface area contributed by atoms with Crippen molar-refractivity contribution in [3.8, 4) is 0 Å². The van der Waals surface area contributed by atoms with Crippen molar-refractivity contribution in [3.05, 3.63) is 96.9 Å². The van der Waals surface area contributed by atoms with E-state index in [2.05, 4.69) is 28.8 Å². The zero-order valence-corrected chi connectivity index (χ0v) is 28.3. The minimum atomic E-state index is -1.25. The summed E-state index contributed by atoms with van der Waals surface area (Å²) in [7, 11) is 2.13. The number of aliphatic imine (C=N–C) groups is 1. The molecular weight excluding hydrogens is 671 g/mol. The van der Waals surface area contributed by atoms with Crippen LogP contribution < -0.4 is 20.1 Å². The Morgan fingerprint density at radius 1 is 0.857 bits per heavy atom. The van der Waals surface area contributed by atoms with Crippen molar-refractivity contribution in [1.29, 1.82) is 0 Å². The Hall–Kier alpha value is -4.70. The van der Waals surface area contributed by atoms with Gasteiger partial charge in [-0.3, -0.25) is 14.6 Å². The largest absolute Gasteiger partial charge is 0.480 e. The Labute approximate surface area is 292 Å². The average Bonchev–Trinajstić information content (AvgIpc) is 3.42. The number of anilines is 1. The second kappa shape index (κ2) is 20.0. The number of aromatic nitrogens is 1. The van der Waals surface area contributed by atoms with E-state index in [1.165, 1.54) is 6.21 Å². The summed E-state index contributed by atoms with van der Waals surface area (Å²) >= 11 is 0. The third-order valence-electron chi connectivity index (χ3n) is 7.13. The first-order valence-electron chi connectivity index (χ1n) is 15.1. The number of carboxylic acid groups (broad SMARTS) is 2. The van der Waals surface area contributed by atoms with Crippen LogP contribution in [0.2, 0.25) is 0 Å². The van der Waals surface area contributed by atoms with Crippen LogP contribution in [0.15, 0.2) is 90.7 Å². The number of carboxylic acids is 2. The number of β-amino-alcohol motifs (C(OH)–C–C–N with tert-alkyl or cyclic N) is 2. The summed E-state index contributed by atoms with van der Waals surface area (Å²) in [5, 5.41) is 43.5. The molecule has 2 amide bonds. The predicted octanol–water partition coefficient (Wildman–Crippen LogP) is 1.58. The minimum Gasteiger partial charge on any atom is -0.480 e. The molecule has 1 aromatic carbocycles. The van der Waals surface area contributed by atoms with E-state index in [0.29, 0.717) is 18.7 Å². The Morgan fingerprint density at radius 3 is 1.88 bits per heavy atom. The zero-order chi connectivity index (χ0) is 35.8. The van der Waals surface area contributed by atoms with E-state index in [0.717, 1.165) is 38.4 Å². The second-order valence-corrected chi connectivity index (χ2v) is 13.4. The monoisotopic (exact) mass is 710 g/mol. The number of nitrogens with one attached hydrogen (secondary N) is 2. The van der Waals surface area contributed by atoms with E-state index in [-0.39, 0.29) is 24.6 Å². The first kappa shape index (κ1) is 38.7. The van der Waals surface area contributed by atoms with E-state index in [1.54, 1.807) is 35.2 Å². The van der Waals surface area contributed by atoms with Crippen LogP contribution in [0.3, 0.4) is 0 Å². The highest BCUT2D eigenvalue weighted by molar-refractivity contribution is 8.76. The maximum Gasteiger partial charge on any atom is 0.327 e. The lowest BCUT2D eigenvalue weighted by molar-refractivity contribution is -0.684. The number of rotatable bonds is 19. The topological polar surface area (TPSA) is 193 Å². The molecule has 0 bridgehead atoms. The number of carbonyl (C=O) groups is 4. The van der Waals surface area contributed by atoms with E-state index < -0.39 is 48.0 Å². The third-order valence-corrected chi connectivity index (χ3v) is 9.55. The lowest BCUT2D eigenvalue weighted by atomic mass is 10.1. The van der Waals surface area contributed by atoms with E-state index in [9.17, 15) is 39.6 Å². The second-order valence-electron chi connectivity index (χ2n) is 10.8. The summed E-state index contributed by atoms with van der Waals surface area (Å²) in [6, 6.07) is 8.94. The smallest absolute Gasteiger partial charge is 0.327 e. The fourth-order valence-electron chi connectivity index (χ4n) is 4.38. The number of hydrogen-bond donors (Lipinski definition) is 6. The van der Waals surface area contributed by atoms with Gasteiger partial charge in [0.15, 0.2) is 12.4 Å². The van der Waals surface area contributed by atoms with Gasteiger partial charge in [-0.15, -0.1) is 0 Å². The highest BCUT2D eigenvalue weighted by Gasteiger charge is 2.29. The number of nitrogens with zero attached hydrogens (tertiary/aromatic N) is 3. The van der Waals surface area contributed by atoms with Gasteiger partial charge in [-0.05, 0) is 34.9 Å². The maximum absolute atomic E-state index is 12.6. The van der Waals surface area contributed by atoms with Gasteiger partial charge in [0.2, 0.25) is 12.5 Å². The SMILES string of the molecule is C=CC(C=C)=CC=NCC(=O)NC(CSSCC(NC(=O)C[n+]1ccc(/C=C/c2ccc(N3CC(O)C(O)C3)cc2)cc1)C(=O)O)C(=O)O. The summed E-state index contributed by atoms with van der Waals surface area (Å²) < 4.78 is 1.61. The van der Waals surface area contributed by atoms with E-state index in [1.807, 2.05) is 53.5 Å². The molecule has 0 aliphatic carbocycles. The number of carbonyl (C=O) groups excluding carboxylic acids is 2. The minimum absolute atomic E-state index is 0.0328. The molecule has 4 unspecified atom stereocenters. The Balaban J connectivity index is 1.42. The molecule has 4 atom stereocenters. The van der Waals surface area contributed by atoms with Crippen molar-refractivity contribution in [2.24, 2.45) is 4.99 Å². The summed E-state index contributed by atoms with van der Waals surface area (Å²) in [5.74, 6) is -3.65. The van der Waals surface area contributed by atoms with Gasteiger partial charge in [-0.2, -0.15) is 4.57 Å². The van der Waals surface area contributed by atoms with Crippen LogP contribution in [-0.4, -0.2) is 106 Å². The number of aliphatic hydroxyl groups excluding tert-OH is 2. The van der Waals surface area contributed by atoms with Crippen LogP contribution in [0.25, 0.3) is 12.2 Å². The van der Waals surface area contributed by atoms with Crippen LogP contribution in [0.1, 0.15) is 11.1 Å². The van der Waals surface area contributed by atoms with Gasteiger partial charge in [0.25, 0.3) is 5.91 Å². The molecule has 1 aliphatic rings. The standard InChI is InChI=1S/C34H39N5O8S2/c1-3-23(4-2)11-14-35-17-31(42)36-27(33(44)45)21-48-49-22-28(34(46)47)37-32(43)20-38-15-12-25(13-16-38)6-5-24-7-9-26(10-8-24)39-18-29(40)30(41)19-39/h3-16,27-30,40-41H,1-2,17-22H2,(H3-,36,37,42,43,44,45,46,47)/p+1. The lowest BCUT2D eigenvalue weighted by Crippen LogP contribution is -2.49. The molecule has 1 aliphatic heterocycles. The van der Waals surface area contributed by atoms with E-state index >= 15 is 0 Å². The van der Waals surface area contributed by atoms with Crippen LogP contribution in [0.4, 0.5) is 5.69 Å². The van der Waals surface area contributed by atoms with Gasteiger partial charge in [-0.1, -0.05) is 71.2 Å². The van der Waals surface area contributed by atoms with Crippen molar-refractivity contribution >= 4 is 69.4 Å². The van der Waals surface area contributed by atoms with Crippen LogP contribution in [0, 0.1) is 0 Å². The van der Waals surface area contributed by atoms with Gasteiger partial charge < -0.3 is 36.0 Å². The summed E-state index contributed by atoms with van der Waals surface area (Å²) in [4.78, 5) is 53.9. The van der Waals surface area contributed by atoms with Gasteiger partial charge >= 0.3 is 11.9 Å². The summed E-state index contributed by atoms with van der Waals surface area (Å²) in [6.45, 7) is 7.59. The molecule has 0 radical (unpaired) electrons. The predicted molar refractivity (Wildman–Crippen MR) is 192 cm³/mol. The van der Waals surface area contributed by atoms with Crippen molar-refractivity contribution in [3.63, 3.8) is 0 Å². The fraction of sp³-hybridized carbons (Fsp3) is 0.294. The molecule has 1 saturated heterocycles. The number of amides is 2. The molecule has 2 heterocycles. The summed E-state index contributed by atoms with van der Waals surface area (Å²) in [5.41, 5.74) is 3.47. The number of allylic oxidation sites excluding steroid dienone is 4. The van der Waals surface area contributed by atoms with Crippen molar-refractivity contribution in [1.82, 2.24) is 10.6 Å². The first-order valence-corrected chi connectivity index (χ1v) is 17.6. The number of aliphatic hydroxyl groups is 2. The van der Waals surface area contributed by atoms with Crippen LogP contribution in [-0.2, 0) is 25.7 Å². The molecule has 13 nitrogen and oxygen atoms in total. The lowest BCUT2D eigenvalue weighted by Gasteiger charge is -2.17. The third kappa shape index (κ3) is 13.4. The normalized spacial score (nSPS) is 17.0.